The second-order valence-corrected chi connectivity index (χ2v) is 7.45. The number of amides is 1. The molecule has 0 saturated carbocycles. The van der Waals surface area contributed by atoms with E-state index in [2.05, 4.69) is 0 Å². The molecule has 1 saturated heterocycles. The number of halogens is 1. The van der Waals surface area contributed by atoms with E-state index < -0.39 is 17.7 Å². The van der Waals surface area contributed by atoms with Gasteiger partial charge in [-0.1, -0.05) is 23.7 Å². The molecular weight excluding hydrogens is 418 g/mol. The van der Waals surface area contributed by atoms with E-state index >= 15 is 0 Å². The van der Waals surface area contributed by atoms with Crippen LogP contribution in [0.15, 0.2) is 76.9 Å². The van der Waals surface area contributed by atoms with Crippen LogP contribution in [0.1, 0.15) is 29.9 Å². The molecule has 4 rings (SSSR count). The van der Waals surface area contributed by atoms with Crippen molar-refractivity contribution in [2.24, 2.45) is 0 Å². The maximum Gasteiger partial charge on any atom is 0.296 e. The number of aliphatic hydroxyl groups excluding tert-OH is 1. The van der Waals surface area contributed by atoms with Gasteiger partial charge >= 0.3 is 0 Å². The highest BCUT2D eigenvalue weighted by molar-refractivity contribution is 6.46. The van der Waals surface area contributed by atoms with E-state index in [1.54, 1.807) is 60.7 Å². The van der Waals surface area contributed by atoms with E-state index in [0.29, 0.717) is 34.3 Å². The summed E-state index contributed by atoms with van der Waals surface area (Å²) in [6.45, 7) is 2.50. The summed E-state index contributed by atoms with van der Waals surface area (Å²) in [5.74, 6) is -0.504. The van der Waals surface area contributed by atoms with Gasteiger partial charge in [0.1, 0.15) is 17.3 Å². The van der Waals surface area contributed by atoms with Gasteiger partial charge in [0.25, 0.3) is 11.7 Å². The number of hydrogen-bond donors (Lipinski definition) is 1. The van der Waals surface area contributed by atoms with Crippen molar-refractivity contribution in [3.8, 4) is 5.75 Å². The summed E-state index contributed by atoms with van der Waals surface area (Å²) >= 11 is 5.95. The average Bonchev–Trinajstić information content (AvgIpc) is 3.37. The average molecular weight is 438 g/mol. The summed E-state index contributed by atoms with van der Waals surface area (Å²) in [7, 11) is 0. The molecule has 1 aromatic heterocycles. The van der Waals surface area contributed by atoms with Gasteiger partial charge in [-0.25, -0.2) is 0 Å². The maximum atomic E-state index is 13.0. The number of carbonyl (C=O) groups is 2. The molecule has 1 amide bonds. The van der Waals surface area contributed by atoms with Gasteiger partial charge in [-0.3, -0.25) is 9.59 Å². The first-order valence-corrected chi connectivity index (χ1v) is 10.2. The van der Waals surface area contributed by atoms with Crippen LogP contribution in [0.2, 0.25) is 5.02 Å². The molecule has 0 aliphatic carbocycles. The van der Waals surface area contributed by atoms with Crippen molar-refractivity contribution in [1.29, 1.82) is 0 Å². The highest BCUT2D eigenvalue weighted by atomic mass is 35.5. The molecule has 158 valence electrons. The van der Waals surface area contributed by atoms with Crippen LogP contribution < -0.4 is 4.74 Å². The Bertz CT molecular complexity index is 1120. The quantitative estimate of drug-likeness (QED) is 0.335. The van der Waals surface area contributed by atoms with E-state index in [0.717, 1.165) is 0 Å². The van der Waals surface area contributed by atoms with Gasteiger partial charge < -0.3 is 19.2 Å². The summed E-state index contributed by atoms with van der Waals surface area (Å²) in [5, 5.41) is 11.5. The van der Waals surface area contributed by atoms with Crippen LogP contribution >= 0.6 is 11.6 Å². The van der Waals surface area contributed by atoms with Crippen molar-refractivity contribution < 1.29 is 23.8 Å². The topological polar surface area (TPSA) is 80.0 Å². The molecule has 1 atom stereocenters. The molecule has 0 radical (unpaired) electrons. The van der Waals surface area contributed by atoms with Gasteiger partial charge in [0.15, 0.2) is 0 Å². The standard InChI is InChI=1S/C24H20ClNO5/c1-2-30-18-11-7-15(8-12-18)21-20(22(27)16-5-9-17(25)10-6-16)23(28)24(29)26(21)14-19-4-3-13-31-19/h3-13,21,27H,2,14H2,1H3/b22-20+/t21-/m1/s1. The third kappa shape index (κ3) is 4.07. The lowest BCUT2D eigenvalue weighted by molar-refractivity contribution is -0.140. The van der Waals surface area contributed by atoms with Gasteiger partial charge in [0.05, 0.1) is 31.0 Å². The predicted molar refractivity (Wildman–Crippen MR) is 116 cm³/mol. The van der Waals surface area contributed by atoms with Gasteiger partial charge in [0.2, 0.25) is 0 Å². The fourth-order valence-corrected chi connectivity index (χ4v) is 3.76. The number of hydrogen-bond acceptors (Lipinski definition) is 5. The largest absolute Gasteiger partial charge is 0.507 e. The normalized spacial score (nSPS) is 17.9. The van der Waals surface area contributed by atoms with Crippen LogP contribution in [0, 0.1) is 0 Å². The molecule has 1 fully saturated rings. The number of nitrogens with zero attached hydrogens (tertiary/aromatic N) is 1. The van der Waals surface area contributed by atoms with Gasteiger partial charge in [-0.2, -0.15) is 0 Å². The predicted octanol–water partition coefficient (Wildman–Crippen LogP) is 4.95. The molecule has 2 aromatic carbocycles. The van der Waals surface area contributed by atoms with Crippen molar-refractivity contribution in [1.82, 2.24) is 4.90 Å². The van der Waals surface area contributed by atoms with Crippen molar-refractivity contribution in [2.45, 2.75) is 19.5 Å². The first-order chi connectivity index (χ1) is 15.0. The fraction of sp³-hybridized carbons (Fsp3) is 0.167. The van der Waals surface area contributed by atoms with E-state index in [1.165, 1.54) is 11.2 Å². The van der Waals surface area contributed by atoms with Gasteiger partial charge in [-0.05, 0) is 61.0 Å². The lowest BCUT2D eigenvalue weighted by Gasteiger charge is -2.24. The second kappa shape index (κ2) is 8.70. The molecular formula is C24H20ClNO5. The lowest BCUT2D eigenvalue weighted by Crippen LogP contribution is -2.29. The lowest BCUT2D eigenvalue weighted by atomic mass is 9.95. The number of likely N-dealkylation sites (tertiary alicyclic amines) is 1. The zero-order chi connectivity index (χ0) is 22.0. The Balaban J connectivity index is 1.82. The van der Waals surface area contributed by atoms with E-state index in [9.17, 15) is 14.7 Å². The maximum absolute atomic E-state index is 13.0. The van der Waals surface area contributed by atoms with Crippen LogP contribution in [0.25, 0.3) is 5.76 Å². The Morgan fingerprint density at radius 2 is 1.81 bits per heavy atom. The minimum Gasteiger partial charge on any atom is -0.507 e. The summed E-state index contributed by atoms with van der Waals surface area (Å²) in [6, 6.07) is 16.2. The molecule has 0 bridgehead atoms. The summed E-state index contributed by atoms with van der Waals surface area (Å²) in [4.78, 5) is 27.3. The van der Waals surface area contributed by atoms with Crippen molar-refractivity contribution in [3.63, 3.8) is 0 Å². The van der Waals surface area contributed by atoms with E-state index in [-0.39, 0.29) is 17.9 Å². The number of furan rings is 1. The fourth-order valence-electron chi connectivity index (χ4n) is 3.64. The van der Waals surface area contributed by atoms with Crippen LogP contribution in [-0.4, -0.2) is 28.3 Å². The zero-order valence-electron chi connectivity index (χ0n) is 16.7. The van der Waals surface area contributed by atoms with Gasteiger partial charge in [0, 0.05) is 10.6 Å². The SMILES string of the molecule is CCOc1ccc([C@@H]2/C(=C(\O)c3ccc(Cl)cc3)C(=O)C(=O)N2Cc2ccco2)cc1. The summed E-state index contributed by atoms with van der Waals surface area (Å²) in [5.41, 5.74) is 1.09. The highest BCUT2D eigenvalue weighted by Gasteiger charge is 2.46. The van der Waals surface area contributed by atoms with Crippen LogP contribution in [-0.2, 0) is 16.1 Å². The van der Waals surface area contributed by atoms with E-state index in [1.807, 2.05) is 6.92 Å². The molecule has 6 nitrogen and oxygen atoms in total. The Hall–Kier alpha value is -3.51. The number of aliphatic hydroxyl groups is 1. The second-order valence-electron chi connectivity index (χ2n) is 7.02. The number of rotatable bonds is 6. The Morgan fingerprint density at radius 1 is 1.10 bits per heavy atom. The molecule has 31 heavy (non-hydrogen) atoms. The Labute approximate surface area is 184 Å². The first kappa shape index (κ1) is 20.8. The van der Waals surface area contributed by atoms with Crippen LogP contribution in [0.4, 0.5) is 0 Å². The van der Waals surface area contributed by atoms with Crippen molar-refractivity contribution in [2.75, 3.05) is 6.61 Å². The number of carbonyl (C=O) groups excluding carboxylic acids is 2. The van der Waals surface area contributed by atoms with Crippen LogP contribution in [0.5, 0.6) is 5.75 Å². The molecule has 1 aliphatic rings. The first-order valence-electron chi connectivity index (χ1n) is 9.79. The summed E-state index contributed by atoms with van der Waals surface area (Å²) < 4.78 is 10.9. The molecule has 1 aliphatic heterocycles. The number of Topliss-reactive ketones (excluding diaryl/α,β-unsaturated/α-hetero) is 1. The Kier molecular flexibility index (Phi) is 5.82. The number of ether oxygens (including phenoxy) is 1. The molecule has 3 aromatic rings. The molecule has 1 N–H and O–H groups in total. The smallest absolute Gasteiger partial charge is 0.296 e. The molecule has 2 heterocycles. The van der Waals surface area contributed by atoms with Crippen LogP contribution in [0.3, 0.4) is 0 Å². The van der Waals surface area contributed by atoms with Crippen molar-refractivity contribution in [3.05, 3.63) is 94.4 Å². The molecule has 7 heteroatoms. The minimum atomic E-state index is -0.781. The highest BCUT2D eigenvalue weighted by Crippen LogP contribution is 2.40. The zero-order valence-corrected chi connectivity index (χ0v) is 17.5. The third-order valence-electron chi connectivity index (χ3n) is 5.07. The monoisotopic (exact) mass is 437 g/mol. The van der Waals surface area contributed by atoms with Crippen molar-refractivity contribution >= 4 is 29.1 Å². The number of ketones is 1. The number of benzene rings is 2. The third-order valence-corrected chi connectivity index (χ3v) is 5.32. The molecule has 0 unspecified atom stereocenters. The van der Waals surface area contributed by atoms with E-state index in [4.69, 9.17) is 20.8 Å². The minimum absolute atomic E-state index is 0.0167. The Morgan fingerprint density at radius 3 is 2.42 bits per heavy atom. The van der Waals surface area contributed by atoms with Gasteiger partial charge in [-0.15, -0.1) is 0 Å². The molecule has 0 spiro atoms. The summed E-state index contributed by atoms with van der Waals surface area (Å²) in [6.07, 6.45) is 1.51.